The maximum atomic E-state index is 12.1. The third kappa shape index (κ3) is 3.03. The van der Waals surface area contributed by atoms with Gasteiger partial charge in [-0.05, 0) is 23.6 Å². The summed E-state index contributed by atoms with van der Waals surface area (Å²) in [5, 5.41) is 7.95. The second-order valence-electron chi connectivity index (χ2n) is 5.57. The number of thiophene rings is 1. The zero-order chi connectivity index (χ0) is 16.4. The van der Waals surface area contributed by atoms with Crippen molar-refractivity contribution in [2.75, 3.05) is 19.7 Å². The van der Waals surface area contributed by atoms with E-state index in [0.717, 1.165) is 5.56 Å². The van der Waals surface area contributed by atoms with Gasteiger partial charge in [-0.2, -0.15) is 16.3 Å². The molecule has 0 radical (unpaired) electrons. The third-order valence-electron chi connectivity index (χ3n) is 3.91. The lowest BCUT2D eigenvalue weighted by atomic mass is 10.0. The summed E-state index contributed by atoms with van der Waals surface area (Å²) < 4.78 is 10.8. The van der Waals surface area contributed by atoms with E-state index >= 15 is 0 Å². The van der Waals surface area contributed by atoms with Crippen molar-refractivity contribution in [1.29, 1.82) is 0 Å². The largest absolute Gasteiger partial charge is 0.484 e. The van der Waals surface area contributed by atoms with Crippen LogP contribution in [0.1, 0.15) is 11.8 Å². The molecule has 122 valence electrons. The van der Waals surface area contributed by atoms with Gasteiger partial charge in [0, 0.05) is 24.0 Å². The van der Waals surface area contributed by atoms with Crippen LogP contribution in [0.5, 0.6) is 5.75 Å². The molecule has 0 bridgehead atoms. The van der Waals surface area contributed by atoms with E-state index in [-0.39, 0.29) is 18.4 Å². The lowest BCUT2D eigenvalue weighted by molar-refractivity contribution is -0.138. The number of para-hydroxylation sites is 1. The van der Waals surface area contributed by atoms with Crippen molar-refractivity contribution in [1.82, 2.24) is 15.0 Å². The highest BCUT2D eigenvalue weighted by atomic mass is 32.1. The molecule has 1 aliphatic heterocycles. The van der Waals surface area contributed by atoms with Crippen LogP contribution in [0, 0.1) is 0 Å². The van der Waals surface area contributed by atoms with Gasteiger partial charge in [0.1, 0.15) is 5.75 Å². The Morgan fingerprint density at radius 3 is 2.88 bits per heavy atom. The Balaban J connectivity index is 1.29. The monoisotopic (exact) mass is 341 g/mol. The molecule has 1 aliphatic rings. The molecular formula is C17H15N3O3S. The normalized spacial score (nSPS) is 14.4. The van der Waals surface area contributed by atoms with Crippen molar-refractivity contribution < 1.29 is 14.1 Å². The SMILES string of the molecule is O=C(COc1ccccc1)N1CC(c2nc(-c3ccsc3)no2)C1. The molecule has 6 nitrogen and oxygen atoms in total. The van der Waals surface area contributed by atoms with Crippen LogP contribution in [0.15, 0.2) is 51.7 Å². The molecular weight excluding hydrogens is 326 g/mol. The van der Waals surface area contributed by atoms with E-state index < -0.39 is 0 Å². The summed E-state index contributed by atoms with van der Waals surface area (Å²) in [5.41, 5.74) is 0.957. The highest BCUT2D eigenvalue weighted by Gasteiger charge is 2.35. The fourth-order valence-electron chi connectivity index (χ4n) is 2.50. The molecule has 1 amide bonds. The van der Waals surface area contributed by atoms with Crippen molar-refractivity contribution >= 4 is 17.2 Å². The van der Waals surface area contributed by atoms with Crippen LogP contribution in [0.4, 0.5) is 0 Å². The van der Waals surface area contributed by atoms with Gasteiger partial charge in [-0.25, -0.2) is 0 Å². The lowest BCUT2D eigenvalue weighted by Crippen LogP contribution is -2.50. The number of rotatable bonds is 5. The molecule has 7 heteroatoms. The Hall–Kier alpha value is -2.67. The van der Waals surface area contributed by atoms with Gasteiger partial charge in [0.05, 0.1) is 5.92 Å². The summed E-state index contributed by atoms with van der Waals surface area (Å²) in [6.45, 7) is 1.21. The zero-order valence-corrected chi connectivity index (χ0v) is 13.6. The Bertz CT molecular complexity index is 811. The highest BCUT2D eigenvalue weighted by Crippen LogP contribution is 2.28. The van der Waals surface area contributed by atoms with Gasteiger partial charge >= 0.3 is 0 Å². The minimum absolute atomic E-state index is 0.0346. The topological polar surface area (TPSA) is 68.5 Å². The average Bonchev–Trinajstić information content (AvgIpc) is 3.24. The van der Waals surface area contributed by atoms with Crippen LogP contribution < -0.4 is 4.74 Å². The molecule has 0 spiro atoms. The molecule has 2 aromatic heterocycles. The Labute approximate surface area is 142 Å². The molecule has 0 atom stereocenters. The van der Waals surface area contributed by atoms with E-state index in [1.807, 2.05) is 47.2 Å². The Morgan fingerprint density at radius 1 is 1.29 bits per heavy atom. The number of hydrogen-bond donors (Lipinski definition) is 0. The van der Waals surface area contributed by atoms with E-state index in [0.29, 0.717) is 30.6 Å². The molecule has 3 aromatic rings. The van der Waals surface area contributed by atoms with Crippen LogP contribution in [0.3, 0.4) is 0 Å². The summed E-state index contributed by atoms with van der Waals surface area (Å²) >= 11 is 1.59. The van der Waals surface area contributed by atoms with Crippen molar-refractivity contribution in [2.45, 2.75) is 5.92 Å². The van der Waals surface area contributed by atoms with Crippen molar-refractivity contribution in [3.63, 3.8) is 0 Å². The first kappa shape index (κ1) is 14.9. The van der Waals surface area contributed by atoms with Gasteiger partial charge < -0.3 is 14.2 Å². The molecule has 24 heavy (non-hydrogen) atoms. The highest BCUT2D eigenvalue weighted by molar-refractivity contribution is 7.08. The fraction of sp³-hybridized carbons (Fsp3) is 0.235. The number of benzene rings is 1. The summed E-state index contributed by atoms with van der Waals surface area (Å²) in [4.78, 5) is 18.3. The van der Waals surface area contributed by atoms with E-state index in [9.17, 15) is 4.79 Å². The van der Waals surface area contributed by atoms with Gasteiger partial charge in [-0.3, -0.25) is 4.79 Å². The number of ether oxygens (including phenoxy) is 1. The molecule has 0 N–H and O–H groups in total. The molecule has 0 aliphatic carbocycles. The van der Waals surface area contributed by atoms with Gasteiger partial charge in [0.15, 0.2) is 6.61 Å². The second kappa shape index (κ2) is 6.45. The van der Waals surface area contributed by atoms with Crippen molar-refractivity contribution in [2.24, 2.45) is 0 Å². The van der Waals surface area contributed by atoms with Gasteiger partial charge in [-0.15, -0.1) is 0 Å². The fourth-order valence-corrected chi connectivity index (χ4v) is 3.14. The quantitative estimate of drug-likeness (QED) is 0.714. The third-order valence-corrected chi connectivity index (χ3v) is 4.59. The zero-order valence-electron chi connectivity index (χ0n) is 12.8. The lowest BCUT2D eigenvalue weighted by Gasteiger charge is -2.36. The molecule has 0 saturated carbocycles. The number of carbonyl (C=O) groups excluding carboxylic acids is 1. The Kier molecular flexibility index (Phi) is 4.00. The predicted octanol–water partition coefficient (Wildman–Crippen LogP) is 2.80. The number of hydrogen-bond acceptors (Lipinski definition) is 6. The molecule has 3 heterocycles. The number of amides is 1. The van der Waals surface area contributed by atoms with Crippen molar-refractivity contribution in [3.05, 3.63) is 53.0 Å². The van der Waals surface area contributed by atoms with E-state index in [1.54, 1.807) is 16.2 Å². The number of aromatic nitrogens is 2. The minimum Gasteiger partial charge on any atom is -0.484 e. The van der Waals surface area contributed by atoms with Gasteiger partial charge in [0.2, 0.25) is 11.7 Å². The molecule has 0 unspecified atom stereocenters. The maximum absolute atomic E-state index is 12.1. The van der Waals surface area contributed by atoms with Crippen LogP contribution >= 0.6 is 11.3 Å². The molecule has 1 fully saturated rings. The van der Waals surface area contributed by atoms with Gasteiger partial charge in [-0.1, -0.05) is 23.4 Å². The molecule has 1 aromatic carbocycles. The summed E-state index contributed by atoms with van der Waals surface area (Å²) in [5.74, 6) is 1.95. The molecule has 4 rings (SSSR count). The molecule has 1 saturated heterocycles. The summed E-state index contributed by atoms with van der Waals surface area (Å²) in [6, 6.07) is 11.3. The minimum atomic E-state index is -0.0346. The average molecular weight is 341 g/mol. The second-order valence-corrected chi connectivity index (χ2v) is 6.35. The van der Waals surface area contributed by atoms with Crippen LogP contribution in [0.25, 0.3) is 11.4 Å². The first-order valence-electron chi connectivity index (χ1n) is 7.61. The number of carbonyl (C=O) groups is 1. The first-order chi connectivity index (χ1) is 11.8. The number of nitrogens with zero attached hydrogens (tertiary/aromatic N) is 3. The van der Waals surface area contributed by atoms with Crippen LogP contribution in [-0.2, 0) is 4.79 Å². The van der Waals surface area contributed by atoms with E-state index in [4.69, 9.17) is 9.26 Å². The van der Waals surface area contributed by atoms with Crippen molar-refractivity contribution in [3.8, 4) is 17.1 Å². The summed E-state index contributed by atoms with van der Waals surface area (Å²) in [6.07, 6.45) is 0. The first-order valence-corrected chi connectivity index (χ1v) is 8.55. The Morgan fingerprint density at radius 2 is 2.12 bits per heavy atom. The van der Waals surface area contributed by atoms with Crippen LogP contribution in [-0.4, -0.2) is 40.6 Å². The van der Waals surface area contributed by atoms with Crippen LogP contribution in [0.2, 0.25) is 0 Å². The summed E-state index contributed by atoms with van der Waals surface area (Å²) in [7, 11) is 0. The van der Waals surface area contributed by atoms with Gasteiger partial charge in [0.25, 0.3) is 5.91 Å². The smallest absolute Gasteiger partial charge is 0.260 e. The maximum Gasteiger partial charge on any atom is 0.260 e. The van der Waals surface area contributed by atoms with E-state index in [2.05, 4.69) is 10.1 Å². The van der Waals surface area contributed by atoms with E-state index in [1.165, 1.54) is 0 Å². The standard InChI is InChI=1S/C17H15N3O3S/c21-15(10-22-14-4-2-1-3-5-14)20-8-13(9-20)17-18-16(19-23-17)12-6-7-24-11-12/h1-7,11,13H,8-10H2. The number of likely N-dealkylation sites (tertiary alicyclic amines) is 1. The predicted molar refractivity (Wildman–Crippen MR) is 88.9 cm³/mol.